The molecule has 0 saturated carbocycles. The molecule has 37 heavy (non-hydrogen) atoms. The van der Waals surface area contributed by atoms with E-state index in [2.05, 4.69) is 25.6 Å². The number of piperidine rings is 1. The van der Waals surface area contributed by atoms with Gasteiger partial charge < -0.3 is 15.2 Å². The van der Waals surface area contributed by atoms with Gasteiger partial charge in [0.15, 0.2) is 0 Å². The van der Waals surface area contributed by atoms with Gasteiger partial charge in [0, 0.05) is 38.1 Å². The Balaban J connectivity index is 1.61. The van der Waals surface area contributed by atoms with Gasteiger partial charge in [0.1, 0.15) is 23.3 Å². The second kappa shape index (κ2) is 10.9. The highest BCUT2D eigenvalue weighted by Gasteiger charge is 2.36. The lowest BCUT2D eigenvalue weighted by molar-refractivity contribution is -0.137. The zero-order chi connectivity index (χ0) is 26.8. The number of nitrogens with one attached hydrogen (secondary N) is 2. The van der Waals surface area contributed by atoms with Crippen molar-refractivity contribution in [3.05, 3.63) is 53.1 Å². The van der Waals surface area contributed by atoms with Crippen LogP contribution < -0.4 is 10.6 Å². The summed E-state index contributed by atoms with van der Waals surface area (Å²) in [6.45, 7) is 3.90. The van der Waals surface area contributed by atoms with Crippen LogP contribution in [0.25, 0.3) is 17.1 Å². The van der Waals surface area contributed by atoms with E-state index in [1.54, 1.807) is 10.6 Å². The highest BCUT2D eigenvalue weighted by molar-refractivity contribution is 7.88. The first-order valence-electron chi connectivity index (χ1n) is 11.7. The van der Waals surface area contributed by atoms with E-state index >= 15 is 0 Å². The zero-order valence-corrected chi connectivity index (χ0v) is 21.8. The van der Waals surface area contributed by atoms with Crippen LogP contribution in [0.5, 0.6) is 0 Å². The van der Waals surface area contributed by atoms with E-state index in [1.807, 2.05) is 19.1 Å². The van der Waals surface area contributed by atoms with E-state index in [4.69, 9.17) is 11.6 Å². The van der Waals surface area contributed by atoms with Gasteiger partial charge in [-0.3, -0.25) is 0 Å². The average Bonchev–Trinajstić information content (AvgIpc) is 3.32. The predicted molar refractivity (Wildman–Crippen MR) is 135 cm³/mol. The molecule has 0 bridgehead atoms. The minimum atomic E-state index is -4.69. The number of hydrogen-bond acceptors (Lipinski definition) is 7. The van der Waals surface area contributed by atoms with Gasteiger partial charge in [-0.05, 0) is 31.0 Å². The quantitative estimate of drug-likeness (QED) is 0.432. The third kappa shape index (κ3) is 6.40. The lowest BCUT2D eigenvalue weighted by Crippen LogP contribution is -2.42. The summed E-state index contributed by atoms with van der Waals surface area (Å²) in [6.07, 6.45) is 0.984. The minimum Gasteiger partial charge on any atom is -0.351 e. The van der Waals surface area contributed by atoms with Crippen molar-refractivity contribution in [3.8, 4) is 17.1 Å². The van der Waals surface area contributed by atoms with Crippen LogP contribution in [0.15, 0.2) is 36.9 Å². The van der Waals surface area contributed by atoms with E-state index in [0.717, 1.165) is 24.6 Å². The summed E-state index contributed by atoms with van der Waals surface area (Å²) < 4.78 is 67.8. The first-order valence-corrected chi connectivity index (χ1v) is 13.9. The standard InChI is InChI=1S/C23H27ClF3N7O2S/c1-3-28-11-15-5-4-6-19(20(15)24)33-13-18(30-14-33)21-17(23(25,26)27)12-29-22(32-21)31-16-7-9-34(10-8-16)37(2,35)36/h4-6,12-14,16,28H,3,7-11H2,1-2H3,(H,29,31,32). The maximum atomic E-state index is 13.8. The molecule has 1 fully saturated rings. The molecule has 0 aliphatic carbocycles. The number of anilines is 1. The molecular formula is C23H27ClF3N7O2S. The maximum Gasteiger partial charge on any atom is 0.420 e. The van der Waals surface area contributed by atoms with Gasteiger partial charge in [0.2, 0.25) is 16.0 Å². The topological polar surface area (TPSA) is 105 Å². The molecule has 9 nitrogen and oxygen atoms in total. The summed E-state index contributed by atoms with van der Waals surface area (Å²) in [6, 6.07) is 5.26. The number of hydrogen-bond donors (Lipinski definition) is 2. The Hall–Kier alpha value is -2.74. The Morgan fingerprint density at radius 1 is 1.19 bits per heavy atom. The number of sulfonamides is 1. The van der Waals surface area contributed by atoms with Crippen molar-refractivity contribution in [2.24, 2.45) is 0 Å². The molecule has 1 aromatic carbocycles. The summed E-state index contributed by atoms with van der Waals surface area (Å²) in [5.74, 6) is 0.0148. The van der Waals surface area contributed by atoms with Crippen LogP contribution in [0.1, 0.15) is 30.9 Å². The molecule has 2 aromatic heterocycles. The van der Waals surface area contributed by atoms with E-state index < -0.39 is 21.8 Å². The summed E-state index contributed by atoms with van der Waals surface area (Å²) in [7, 11) is -3.29. The molecule has 2 N–H and O–H groups in total. The Morgan fingerprint density at radius 3 is 2.57 bits per heavy atom. The molecule has 1 aliphatic heterocycles. The van der Waals surface area contributed by atoms with Gasteiger partial charge in [0.25, 0.3) is 0 Å². The van der Waals surface area contributed by atoms with Crippen molar-refractivity contribution < 1.29 is 21.6 Å². The lowest BCUT2D eigenvalue weighted by atomic mass is 10.1. The Bertz CT molecular complexity index is 1360. The van der Waals surface area contributed by atoms with Crippen molar-refractivity contribution in [1.82, 2.24) is 29.1 Å². The van der Waals surface area contributed by atoms with E-state index in [1.165, 1.54) is 16.8 Å². The second-order valence-corrected chi connectivity index (χ2v) is 11.1. The van der Waals surface area contributed by atoms with E-state index in [9.17, 15) is 21.6 Å². The fraction of sp³-hybridized carbons (Fsp3) is 0.435. The van der Waals surface area contributed by atoms with Crippen molar-refractivity contribution in [2.75, 3.05) is 31.2 Å². The average molecular weight is 558 g/mol. The van der Waals surface area contributed by atoms with Crippen LogP contribution in [-0.4, -0.2) is 64.2 Å². The van der Waals surface area contributed by atoms with Crippen molar-refractivity contribution in [1.29, 1.82) is 0 Å². The van der Waals surface area contributed by atoms with Crippen LogP contribution in [0.3, 0.4) is 0 Å². The number of halogens is 4. The molecule has 200 valence electrons. The summed E-state index contributed by atoms with van der Waals surface area (Å²) in [5, 5.41) is 6.71. The van der Waals surface area contributed by atoms with Crippen LogP contribution in [0, 0.1) is 0 Å². The van der Waals surface area contributed by atoms with Gasteiger partial charge in [-0.15, -0.1) is 0 Å². The van der Waals surface area contributed by atoms with Crippen LogP contribution in [0.2, 0.25) is 5.02 Å². The molecule has 3 heterocycles. The first kappa shape index (κ1) is 27.3. The lowest BCUT2D eigenvalue weighted by Gasteiger charge is -2.30. The molecule has 1 aliphatic rings. The van der Waals surface area contributed by atoms with Gasteiger partial charge in [-0.25, -0.2) is 27.7 Å². The SMILES string of the molecule is CCNCc1cccc(-n2cnc(-c3nc(NC4CCN(S(C)(=O)=O)CC4)ncc3C(F)(F)F)c2)c1Cl. The van der Waals surface area contributed by atoms with E-state index in [0.29, 0.717) is 43.2 Å². The van der Waals surface area contributed by atoms with Crippen LogP contribution in [0.4, 0.5) is 19.1 Å². The van der Waals surface area contributed by atoms with Gasteiger partial charge >= 0.3 is 6.18 Å². The Morgan fingerprint density at radius 2 is 1.92 bits per heavy atom. The zero-order valence-electron chi connectivity index (χ0n) is 20.3. The highest BCUT2D eigenvalue weighted by atomic mass is 35.5. The van der Waals surface area contributed by atoms with Crippen molar-refractivity contribution in [3.63, 3.8) is 0 Å². The van der Waals surface area contributed by atoms with Crippen LogP contribution >= 0.6 is 11.6 Å². The fourth-order valence-electron chi connectivity index (χ4n) is 4.11. The van der Waals surface area contributed by atoms with Crippen molar-refractivity contribution in [2.45, 2.75) is 38.5 Å². The first-order chi connectivity index (χ1) is 17.5. The fourth-order valence-corrected chi connectivity index (χ4v) is 5.27. The third-order valence-corrected chi connectivity index (χ3v) is 7.82. The van der Waals surface area contributed by atoms with Gasteiger partial charge in [-0.2, -0.15) is 13.2 Å². The smallest absolute Gasteiger partial charge is 0.351 e. The molecule has 3 aromatic rings. The maximum absolute atomic E-state index is 13.8. The second-order valence-electron chi connectivity index (χ2n) is 8.73. The summed E-state index contributed by atoms with van der Waals surface area (Å²) >= 11 is 6.56. The van der Waals surface area contributed by atoms with Crippen molar-refractivity contribution >= 4 is 27.6 Å². The van der Waals surface area contributed by atoms with Gasteiger partial charge in [0.05, 0.1) is 17.0 Å². The molecule has 0 amide bonds. The molecule has 0 radical (unpaired) electrons. The monoisotopic (exact) mass is 557 g/mol. The largest absolute Gasteiger partial charge is 0.420 e. The summed E-state index contributed by atoms with van der Waals surface area (Å²) in [5.41, 5.74) is 0.0642. The van der Waals surface area contributed by atoms with E-state index in [-0.39, 0.29) is 23.4 Å². The third-order valence-electron chi connectivity index (χ3n) is 6.08. The predicted octanol–water partition coefficient (Wildman–Crippen LogP) is 3.95. The highest BCUT2D eigenvalue weighted by Crippen LogP contribution is 2.36. The Labute approximate surface area is 218 Å². The molecular weight excluding hydrogens is 531 g/mol. The van der Waals surface area contributed by atoms with Gasteiger partial charge in [-0.1, -0.05) is 30.7 Å². The minimum absolute atomic E-state index is 0.0119. The number of imidazole rings is 1. The molecule has 0 unspecified atom stereocenters. The number of aromatic nitrogens is 4. The summed E-state index contributed by atoms with van der Waals surface area (Å²) in [4.78, 5) is 12.2. The molecule has 1 saturated heterocycles. The normalized spacial score (nSPS) is 15.7. The molecule has 0 atom stereocenters. The number of alkyl halides is 3. The number of benzene rings is 1. The number of nitrogens with zero attached hydrogens (tertiary/aromatic N) is 5. The molecule has 4 rings (SSSR count). The number of rotatable bonds is 8. The molecule has 14 heteroatoms. The van der Waals surface area contributed by atoms with Crippen LogP contribution in [-0.2, 0) is 22.7 Å². The Kier molecular flexibility index (Phi) is 8.07. The molecule has 0 spiro atoms.